The summed E-state index contributed by atoms with van der Waals surface area (Å²) in [6, 6.07) is 13.7. The first kappa shape index (κ1) is 25.4. The van der Waals surface area contributed by atoms with Gasteiger partial charge in [0.15, 0.2) is 11.5 Å². The van der Waals surface area contributed by atoms with Crippen LogP contribution in [0.2, 0.25) is 0 Å². The second-order valence-corrected chi connectivity index (χ2v) is 9.23. The Morgan fingerprint density at radius 3 is 2.31 bits per heavy atom. The van der Waals surface area contributed by atoms with Crippen molar-refractivity contribution in [3.8, 4) is 11.5 Å². The van der Waals surface area contributed by atoms with Crippen molar-refractivity contribution in [3.05, 3.63) is 77.2 Å². The molecule has 0 saturated heterocycles. The molecule has 1 heterocycles. The zero-order valence-corrected chi connectivity index (χ0v) is 21.4. The highest BCUT2D eigenvalue weighted by molar-refractivity contribution is 6.10. The van der Waals surface area contributed by atoms with Crippen LogP contribution in [0.15, 0.2) is 59.2 Å². The number of hydrogen-bond donors (Lipinski definition) is 1. The van der Waals surface area contributed by atoms with Crippen LogP contribution in [0, 0.1) is 13.8 Å². The van der Waals surface area contributed by atoms with Gasteiger partial charge in [-0.25, -0.2) is 0 Å². The zero-order chi connectivity index (χ0) is 25.7. The number of carbonyl (C=O) groups is 2. The molecule has 1 aromatic heterocycles. The van der Waals surface area contributed by atoms with Gasteiger partial charge in [-0.05, 0) is 51.0 Å². The average Bonchev–Trinajstić information content (AvgIpc) is 3.33. The fourth-order valence-corrected chi connectivity index (χ4v) is 4.88. The molecule has 1 aliphatic rings. The number of benzene rings is 2. The molecule has 1 atom stereocenters. The topological polar surface area (TPSA) is 81.0 Å². The van der Waals surface area contributed by atoms with Crippen molar-refractivity contribution in [2.24, 2.45) is 0 Å². The van der Waals surface area contributed by atoms with Crippen molar-refractivity contribution in [1.29, 1.82) is 0 Å². The molecule has 36 heavy (non-hydrogen) atoms. The van der Waals surface area contributed by atoms with Gasteiger partial charge in [0.2, 0.25) is 5.91 Å². The lowest BCUT2D eigenvalue weighted by molar-refractivity contribution is -0.123. The van der Waals surface area contributed by atoms with Gasteiger partial charge >= 0.3 is 0 Å². The maximum Gasteiger partial charge on any atom is 0.262 e. The Labute approximate surface area is 212 Å². The van der Waals surface area contributed by atoms with Crippen LogP contribution >= 0.6 is 0 Å². The third-order valence-electron chi connectivity index (χ3n) is 6.81. The number of hydrogen-bond acceptors (Lipinski definition) is 5. The molecule has 0 unspecified atom stereocenters. The summed E-state index contributed by atoms with van der Waals surface area (Å²) in [7, 11) is 3.09. The number of rotatable bonds is 8. The molecule has 2 amide bonds. The fourth-order valence-electron chi connectivity index (χ4n) is 4.88. The quantitative estimate of drug-likeness (QED) is 0.435. The Hall–Kier alpha value is -3.74. The maximum atomic E-state index is 14.1. The lowest BCUT2D eigenvalue weighted by atomic mass is 9.94. The lowest BCUT2D eigenvalue weighted by Gasteiger charge is -2.34. The molecule has 1 aliphatic carbocycles. The summed E-state index contributed by atoms with van der Waals surface area (Å²) in [4.78, 5) is 29.7. The van der Waals surface area contributed by atoms with E-state index < -0.39 is 6.04 Å². The molecular formula is C29H34N2O5. The number of anilines is 1. The number of amides is 2. The van der Waals surface area contributed by atoms with Crippen LogP contribution in [0.3, 0.4) is 0 Å². The molecule has 0 spiro atoms. The number of nitrogens with one attached hydrogen (secondary N) is 1. The van der Waals surface area contributed by atoms with E-state index in [0.29, 0.717) is 34.1 Å². The minimum atomic E-state index is -0.999. The molecule has 1 N–H and O–H groups in total. The van der Waals surface area contributed by atoms with E-state index in [9.17, 15) is 9.59 Å². The van der Waals surface area contributed by atoms with Crippen molar-refractivity contribution >= 4 is 17.5 Å². The fraction of sp³-hybridized carbons (Fsp3) is 0.379. The van der Waals surface area contributed by atoms with Gasteiger partial charge in [0.05, 0.1) is 26.0 Å². The van der Waals surface area contributed by atoms with E-state index in [0.717, 1.165) is 31.2 Å². The number of carbonyl (C=O) groups excluding carboxylic acids is 2. The van der Waals surface area contributed by atoms with Crippen molar-refractivity contribution in [1.82, 2.24) is 5.32 Å². The summed E-state index contributed by atoms with van der Waals surface area (Å²) >= 11 is 0. The number of furan rings is 1. The van der Waals surface area contributed by atoms with Crippen molar-refractivity contribution in [2.45, 2.75) is 58.0 Å². The van der Waals surface area contributed by atoms with Crippen molar-refractivity contribution in [3.63, 3.8) is 0 Å². The Balaban J connectivity index is 1.89. The molecule has 4 rings (SSSR count). The van der Waals surface area contributed by atoms with Crippen LogP contribution in [-0.2, 0) is 4.79 Å². The number of aryl methyl sites for hydroxylation is 2. The molecule has 2 aromatic carbocycles. The number of ether oxygens (including phenoxy) is 2. The normalized spacial score (nSPS) is 14.7. The predicted octanol–water partition coefficient (Wildman–Crippen LogP) is 5.75. The number of methoxy groups -OCH3 is 2. The monoisotopic (exact) mass is 490 g/mol. The highest BCUT2D eigenvalue weighted by Gasteiger charge is 2.38. The van der Waals surface area contributed by atoms with Crippen LogP contribution in [0.25, 0.3) is 0 Å². The summed E-state index contributed by atoms with van der Waals surface area (Å²) in [5.41, 5.74) is 2.58. The highest BCUT2D eigenvalue weighted by Crippen LogP contribution is 2.40. The van der Waals surface area contributed by atoms with Crippen molar-refractivity contribution in [2.75, 3.05) is 19.1 Å². The summed E-state index contributed by atoms with van der Waals surface area (Å²) < 4.78 is 16.7. The van der Waals surface area contributed by atoms with Crippen LogP contribution in [0.1, 0.15) is 65.4 Å². The van der Waals surface area contributed by atoms with E-state index in [-0.39, 0.29) is 17.9 Å². The Morgan fingerprint density at radius 1 is 0.972 bits per heavy atom. The van der Waals surface area contributed by atoms with Crippen LogP contribution < -0.4 is 19.7 Å². The average molecular weight is 491 g/mol. The third kappa shape index (κ3) is 5.25. The summed E-state index contributed by atoms with van der Waals surface area (Å²) in [6.45, 7) is 3.72. The second-order valence-electron chi connectivity index (χ2n) is 9.23. The largest absolute Gasteiger partial charge is 0.493 e. The van der Waals surface area contributed by atoms with Gasteiger partial charge in [-0.1, -0.05) is 49.1 Å². The molecule has 7 nitrogen and oxygen atoms in total. The van der Waals surface area contributed by atoms with E-state index in [4.69, 9.17) is 13.9 Å². The summed E-state index contributed by atoms with van der Waals surface area (Å²) in [5, 5.41) is 3.23. The molecule has 0 bridgehead atoms. The minimum Gasteiger partial charge on any atom is -0.493 e. The molecule has 1 fully saturated rings. The highest BCUT2D eigenvalue weighted by atomic mass is 16.5. The van der Waals surface area contributed by atoms with E-state index >= 15 is 0 Å². The molecule has 190 valence electrons. The van der Waals surface area contributed by atoms with E-state index in [2.05, 4.69) is 5.32 Å². The van der Waals surface area contributed by atoms with Gasteiger partial charge < -0.3 is 19.2 Å². The summed E-state index contributed by atoms with van der Waals surface area (Å²) in [6.07, 6.45) is 6.66. The second kappa shape index (κ2) is 11.3. The molecule has 0 aliphatic heterocycles. The SMILES string of the molecule is COc1cccc([C@@H](C(=O)NC2CCCCC2)N(C(=O)c2ccoc2C)c2ccc(C)cc2)c1OC. The molecular weight excluding hydrogens is 456 g/mol. The maximum absolute atomic E-state index is 14.1. The Kier molecular flexibility index (Phi) is 7.98. The summed E-state index contributed by atoms with van der Waals surface area (Å²) in [5.74, 6) is 0.794. The first-order chi connectivity index (χ1) is 17.4. The molecule has 0 radical (unpaired) electrons. The molecule has 7 heteroatoms. The van der Waals surface area contributed by atoms with Gasteiger partial charge in [-0.3, -0.25) is 14.5 Å². The van der Waals surface area contributed by atoms with Crippen LogP contribution in [0.5, 0.6) is 11.5 Å². The first-order valence-corrected chi connectivity index (χ1v) is 12.4. The van der Waals surface area contributed by atoms with Gasteiger partial charge in [0, 0.05) is 17.3 Å². The standard InChI is InChI=1S/C29H34N2O5/c1-19-13-15-22(16-14-19)31(29(33)23-17-18-36-20(23)2)26(28(32)30-21-9-6-5-7-10-21)24-11-8-12-25(34-3)27(24)35-4/h8,11-18,21,26H,5-7,9-10H2,1-4H3,(H,30,32)/t26-/m0/s1. The van der Waals surface area contributed by atoms with Gasteiger partial charge in [0.25, 0.3) is 5.91 Å². The van der Waals surface area contributed by atoms with Crippen LogP contribution in [-0.4, -0.2) is 32.1 Å². The first-order valence-electron chi connectivity index (χ1n) is 12.4. The van der Waals surface area contributed by atoms with Gasteiger partial charge in [-0.15, -0.1) is 0 Å². The van der Waals surface area contributed by atoms with E-state index in [1.54, 1.807) is 32.2 Å². The Bertz CT molecular complexity index is 1190. The number of nitrogens with zero attached hydrogens (tertiary/aromatic N) is 1. The molecule has 3 aromatic rings. The van der Waals surface area contributed by atoms with Gasteiger partial charge in [0.1, 0.15) is 11.8 Å². The zero-order valence-electron chi connectivity index (χ0n) is 21.4. The van der Waals surface area contributed by atoms with Crippen molar-refractivity contribution < 1.29 is 23.5 Å². The van der Waals surface area contributed by atoms with E-state index in [1.807, 2.05) is 37.3 Å². The third-order valence-corrected chi connectivity index (χ3v) is 6.81. The van der Waals surface area contributed by atoms with E-state index in [1.165, 1.54) is 24.7 Å². The van der Waals surface area contributed by atoms with Crippen LogP contribution in [0.4, 0.5) is 5.69 Å². The lowest BCUT2D eigenvalue weighted by Crippen LogP contribution is -2.47. The Morgan fingerprint density at radius 2 is 1.69 bits per heavy atom. The number of para-hydroxylation sites is 1. The predicted molar refractivity (Wildman–Crippen MR) is 139 cm³/mol. The molecule has 1 saturated carbocycles. The minimum absolute atomic E-state index is 0.0657. The smallest absolute Gasteiger partial charge is 0.262 e. The van der Waals surface area contributed by atoms with Gasteiger partial charge in [-0.2, -0.15) is 0 Å².